The molecule has 6 nitrogen and oxygen atoms in total. The van der Waals surface area contributed by atoms with Crippen LogP contribution in [-0.2, 0) is 9.59 Å². The van der Waals surface area contributed by atoms with Gasteiger partial charge in [-0.25, -0.2) is 0 Å². The molecule has 3 atom stereocenters. The van der Waals surface area contributed by atoms with Gasteiger partial charge in [-0.1, -0.05) is 36.4 Å². The van der Waals surface area contributed by atoms with Crippen molar-refractivity contribution in [1.82, 2.24) is 9.80 Å². The van der Waals surface area contributed by atoms with E-state index in [1.165, 1.54) is 6.92 Å². The average molecular weight is 375 g/mol. The van der Waals surface area contributed by atoms with E-state index in [4.69, 9.17) is 5.26 Å². The summed E-state index contributed by atoms with van der Waals surface area (Å²) in [5.74, 6) is -0.197. The number of hydrogen-bond donors (Lipinski definition) is 1. The van der Waals surface area contributed by atoms with Gasteiger partial charge in [-0.3, -0.25) is 9.59 Å². The van der Waals surface area contributed by atoms with Gasteiger partial charge in [0.1, 0.15) is 0 Å². The number of benzene rings is 2. The van der Waals surface area contributed by atoms with Crippen molar-refractivity contribution in [3.8, 4) is 17.2 Å². The molecule has 2 heterocycles. The highest BCUT2D eigenvalue weighted by molar-refractivity contribution is 5.87. The number of rotatable bonds is 3. The van der Waals surface area contributed by atoms with Crippen LogP contribution in [0, 0.1) is 11.3 Å². The molecule has 0 aliphatic carbocycles. The van der Waals surface area contributed by atoms with Crippen LogP contribution in [0.5, 0.6) is 0 Å². The van der Waals surface area contributed by atoms with Gasteiger partial charge in [0.2, 0.25) is 11.8 Å². The van der Waals surface area contributed by atoms with Crippen LogP contribution in [0.3, 0.4) is 0 Å². The normalized spacial score (nSPS) is 23.6. The molecule has 2 aliphatic heterocycles. The maximum Gasteiger partial charge on any atom is 0.242 e. The van der Waals surface area contributed by atoms with Gasteiger partial charge >= 0.3 is 0 Å². The summed E-state index contributed by atoms with van der Waals surface area (Å²) in [6, 6.07) is 17.3. The largest absolute Gasteiger partial charge is 0.394 e. The Morgan fingerprint density at radius 2 is 1.75 bits per heavy atom. The summed E-state index contributed by atoms with van der Waals surface area (Å²) in [4.78, 5) is 27.5. The van der Waals surface area contributed by atoms with Crippen LogP contribution in [0.25, 0.3) is 11.1 Å². The van der Waals surface area contributed by atoms with E-state index in [2.05, 4.69) is 6.07 Å². The number of aliphatic hydroxyl groups is 1. The molecule has 2 aromatic carbocycles. The molecule has 2 aromatic rings. The topological polar surface area (TPSA) is 84.6 Å². The monoisotopic (exact) mass is 375 g/mol. The summed E-state index contributed by atoms with van der Waals surface area (Å²) in [6.45, 7) is 1.98. The zero-order valence-electron chi connectivity index (χ0n) is 15.6. The second-order valence-electron chi connectivity index (χ2n) is 7.35. The number of fused-ring (bicyclic) bond motifs is 1. The number of amides is 2. The predicted octanol–water partition coefficient (Wildman–Crippen LogP) is 1.74. The Balaban J connectivity index is 1.58. The summed E-state index contributed by atoms with van der Waals surface area (Å²) in [5.41, 5.74) is 3.73. The molecule has 6 heteroatoms. The molecule has 0 saturated carbocycles. The Bertz CT molecular complexity index is 946. The van der Waals surface area contributed by atoms with Crippen LogP contribution >= 0.6 is 0 Å². The van der Waals surface area contributed by atoms with E-state index in [0.29, 0.717) is 12.1 Å². The average Bonchev–Trinajstić information content (AvgIpc) is 2.70. The van der Waals surface area contributed by atoms with Crippen molar-refractivity contribution in [3.63, 3.8) is 0 Å². The van der Waals surface area contributed by atoms with Crippen molar-refractivity contribution in [3.05, 3.63) is 59.7 Å². The highest BCUT2D eigenvalue weighted by Crippen LogP contribution is 2.43. The van der Waals surface area contributed by atoms with Crippen molar-refractivity contribution < 1.29 is 14.7 Å². The van der Waals surface area contributed by atoms with E-state index < -0.39 is 0 Å². The lowest BCUT2D eigenvalue weighted by Crippen LogP contribution is -2.73. The number of nitriles is 1. The Morgan fingerprint density at radius 3 is 2.29 bits per heavy atom. The van der Waals surface area contributed by atoms with Gasteiger partial charge in [0.05, 0.1) is 36.9 Å². The van der Waals surface area contributed by atoms with Crippen LogP contribution in [0.2, 0.25) is 0 Å². The molecule has 1 N–H and O–H groups in total. The highest BCUT2D eigenvalue weighted by atomic mass is 16.3. The molecule has 0 unspecified atom stereocenters. The van der Waals surface area contributed by atoms with Crippen LogP contribution in [-0.4, -0.2) is 58.5 Å². The number of carbonyl (C=O) groups is 2. The first-order valence-corrected chi connectivity index (χ1v) is 9.31. The maximum atomic E-state index is 12.4. The maximum absolute atomic E-state index is 12.4. The molecule has 0 aromatic heterocycles. The van der Waals surface area contributed by atoms with E-state index in [9.17, 15) is 14.7 Å². The highest BCUT2D eigenvalue weighted by Gasteiger charge is 2.54. The Hall–Kier alpha value is -3.17. The standard InChI is InChI=1S/C22H21N3O3/c1-14(27)24-11-19-22(20(13-26)25(19)21(28)12-24)18-8-6-17(7-9-18)16-4-2-15(10-23)3-5-16/h2-9,19-20,22,26H,11-13H2,1H3/t19-,20-,22+/m0/s1. The molecule has 4 rings (SSSR count). The van der Waals surface area contributed by atoms with E-state index in [0.717, 1.165) is 16.7 Å². The number of hydrogen-bond acceptors (Lipinski definition) is 4. The second kappa shape index (κ2) is 7.10. The lowest BCUT2D eigenvalue weighted by molar-refractivity contribution is -0.166. The molecule has 142 valence electrons. The first kappa shape index (κ1) is 18.2. The fourth-order valence-corrected chi connectivity index (χ4v) is 4.37. The van der Waals surface area contributed by atoms with Crippen molar-refractivity contribution in [1.29, 1.82) is 5.26 Å². The molecule has 0 spiro atoms. The van der Waals surface area contributed by atoms with Crippen LogP contribution < -0.4 is 0 Å². The van der Waals surface area contributed by atoms with E-state index in [1.54, 1.807) is 21.9 Å². The van der Waals surface area contributed by atoms with Gasteiger partial charge in [-0.05, 0) is 28.8 Å². The molecule has 0 bridgehead atoms. The molecule has 2 fully saturated rings. The Labute approximate surface area is 163 Å². The molecule has 2 aliphatic rings. The molecular formula is C22H21N3O3. The second-order valence-corrected chi connectivity index (χ2v) is 7.35. The van der Waals surface area contributed by atoms with Gasteiger partial charge in [-0.2, -0.15) is 5.26 Å². The third-order valence-corrected chi connectivity index (χ3v) is 5.84. The minimum absolute atomic E-state index is 0.00566. The number of nitrogens with zero attached hydrogens (tertiary/aromatic N) is 3. The van der Waals surface area contributed by atoms with Gasteiger partial charge in [-0.15, -0.1) is 0 Å². The fraction of sp³-hybridized carbons (Fsp3) is 0.318. The van der Waals surface area contributed by atoms with Gasteiger partial charge in [0, 0.05) is 19.4 Å². The fourth-order valence-electron chi connectivity index (χ4n) is 4.37. The van der Waals surface area contributed by atoms with E-state index in [1.807, 2.05) is 36.4 Å². The molecule has 28 heavy (non-hydrogen) atoms. The van der Waals surface area contributed by atoms with Crippen molar-refractivity contribution in [2.75, 3.05) is 19.7 Å². The quantitative estimate of drug-likeness (QED) is 0.886. The van der Waals surface area contributed by atoms with Gasteiger partial charge < -0.3 is 14.9 Å². The van der Waals surface area contributed by atoms with Crippen molar-refractivity contribution >= 4 is 11.8 Å². The van der Waals surface area contributed by atoms with E-state index in [-0.39, 0.29) is 43.0 Å². The Morgan fingerprint density at radius 1 is 1.14 bits per heavy atom. The van der Waals surface area contributed by atoms with Crippen LogP contribution in [0.4, 0.5) is 0 Å². The van der Waals surface area contributed by atoms with E-state index >= 15 is 0 Å². The lowest BCUT2D eigenvalue weighted by atomic mass is 9.73. The summed E-state index contributed by atoms with van der Waals surface area (Å²) in [7, 11) is 0. The smallest absolute Gasteiger partial charge is 0.242 e. The molecule has 2 amide bonds. The van der Waals surface area contributed by atoms with Gasteiger partial charge in [0.15, 0.2) is 0 Å². The first-order valence-electron chi connectivity index (χ1n) is 9.31. The van der Waals surface area contributed by atoms with Crippen molar-refractivity contribution in [2.45, 2.75) is 24.9 Å². The molecule has 2 saturated heterocycles. The third kappa shape index (κ3) is 2.94. The minimum atomic E-state index is -0.243. The van der Waals surface area contributed by atoms with Gasteiger partial charge in [0.25, 0.3) is 0 Å². The summed E-state index contributed by atoms with van der Waals surface area (Å²) < 4.78 is 0. The third-order valence-electron chi connectivity index (χ3n) is 5.84. The predicted molar refractivity (Wildman–Crippen MR) is 103 cm³/mol. The number of piperazine rings is 1. The zero-order chi connectivity index (χ0) is 19.8. The Kier molecular flexibility index (Phi) is 4.62. The SMILES string of the molecule is CC(=O)N1CC(=O)N2[C@@H](CO)[C@H](c3ccc(-c4ccc(C#N)cc4)cc3)[C@@H]2C1. The summed E-state index contributed by atoms with van der Waals surface area (Å²) >= 11 is 0. The minimum Gasteiger partial charge on any atom is -0.394 e. The zero-order valence-corrected chi connectivity index (χ0v) is 15.6. The number of aliphatic hydroxyl groups excluding tert-OH is 1. The van der Waals surface area contributed by atoms with Crippen molar-refractivity contribution in [2.24, 2.45) is 0 Å². The summed E-state index contributed by atoms with van der Waals surface area (Å²) in [6.07, 6.45) is 0. The van der Waals surface area contributed by atoms with Crippen LogP contribution in [0.15, 0.2) is 48.5 Å². The molecular weight excluding hydrogens is 354 g/mol. The lowest BCUT2D eigenvalue weighted by Gasteiger charge is -2.58. The first-order chi connectivity index (χ1) is 13.5. The molecule has 0 radical (unpaired) electrons. The number of carbonyl (C=O) groups excluding carboxylic acids is 2. The van der Waals surface area contributed by atoms with Crippen LogP contribution in [0.1, 0.15) is 24.0 Å². The summed E-state index contributed by atoms with van der Waals surface area (Å²) in [5, 5.41) is 18.8.